The maximum absolute atomic E-state index is 13.2. The standard InChI is InChI=1S/C21H22F3N3O2/c1-28-18-6-3-15(4-7-18)20(27-8-10-29-11-9-27)14-26-17-5-2-16(13-25)19(12-17)21(22,23)24/h2-7,12,20,26H,8-11,14H2,1H3. The lowest BCUT2D eigenvalue weighted by Crippen LogP contribution is -2.41. The number of alkyl halides is 3. The van der Waals surface area contributed by atoms with Gasteiger partial charge in [-0.05, 0) is 35.9 Å². The number of ether oxygens (including phenoxy) is 2. The van der Waals surface area contributed by atoms with Gasteiger partial charge in [-0.15, -0.1) is 0 Å². The molecule has 1 fully saturated rings. The number of hydrogen-bond acceptors (Lipinski definition) is 5. The molecule has 1 heterocycles. The Kier molecular flexibility index (Phi) is 6.62. The average Bonchev–Trinajstić information content (AvgIpc) is 2.74. The summed E-state index contributed by atoms with van der Waals surface area (Å²) in [5, 5.41) is 12.1. The number of anilines is 1. The van der Waals surface area contributed by atoms with Gasteiger partial charge in [-0.2, -0.15) is 18.4 Å². The first kappa shape index (κ1) is 21.0. The molecule has 154 valence electrons. The van der Waals surface area contributed by atoms with E-state index in [1.807, 2.05) is 24.3 Å². The Morgan fingerprint density at radius 3 is 2.45 bits per heavy atom. The summed E-state index contributed by atoms with van der Waals surface area (Å²) in [6.45, 7) is 3.11. The van der Waals surface area contributed by atoms with Crippen molar-refractivity contribution < 1.29 is 22.6 Å². The molecule has 0 spiro atoms. The molecule has 29 heavy (non-hydrogen) atoms. The van der Waals surface area contributed by atoms with Crippen molar-refractivity contribution in [3.05, 3.63) is 59.2 Å². The van der Waals surface area contributed by atoms with Gasteiger partial charge in [-0.3, -0.25) is 4.90 Å². The second kappa shape index (κ2) is 9.16. The molecule has 1 aliphatic rings. The summed E-state index contributed by atoms with van der Waals surface area (Å²) in [6, 6.07) is 12.9. The Hall–Kier alpha value is -2.76. The van der Waals surface area contributed by atoms with Gasteiger partial charge in [0.2, 0.25) is 0 Å². The smallest absolute Gasteiger partial charge is 0.417 e. The van der Waals surface area contributed by atoms with Gasteiger partial charge in [-0.1, -0.05) is 12.1 Å². The fraction of sp³-hybridized carbons (Fsp3) is 0.381. The fourth-order valence-electron chi connectivity index (χ4n) is 3.37. The predicted octanol–water partition coefficient (Wildman–Crippen LogP) is 4.07. The summed E-state index contributed by atoms with van der Waals surface area (Å²) in [6.07, 6.45) is -4.58. The van der Waals surface area contributed by atoms with Gasteiger partial charge in [0.25, 0.3) is 0 Å². The minimum atomic E-state index is -4.58. The van der Waals surface area contributed by atoms with Crippen molar-refractivity contribution in [1.82, 2.24) is 4.90 Å². The Balaban J connectivity index is 1.82. The normalized spacial score (nSPS) is 16.1. The van der Waals surface area contributed by atoms with Crippen molar-refractivity contribution >= 4 is 5.69 Å². The Morgan fingerprint density at radius 1 is 1.17 bits per heavy atom. The molecule has 2 aromatic rings. The first-order valence-electron chi connectivity index (χ1n) is 9.23. The fourth-order valence-corrected chi connectivity index (χ4v) is 3.37. The molecule has 0 aromatic heterocycles. The molecule has 0 bridgehead atoms. The van der Waals surface area contributed by atoms with Gasteiger partial charge in [0.05, 0.1) is 43.6 Å². The van der Waals surface area contributed by atoms with E-state index in [4.69, 9.17) is 14.7 Å². The molecule has 0 radical (unpaired) electrons. The van der Waals surface area contributed by atoms with E-state index >= 15 is 0 Å². The van der Waals surface area contributed by atoms with Crippen LogP contribution >= 0.6 is 0 Å². The molecule has 5 nitrogen and oxygen atoms in total. The number of morpholine rings is 1. The monoisotopic (exact) mass is 405 g/mol. The van der Waals surface area contributed by atoms with Crippen molar-refractivity contribution in [3.8, 4) is 11.8 Å². The van der Waals surface area contributed by atoms with E-state index in [-0.39, 0.29) is 11.6 Å². The SMILES string of the molecule is COc1ccc(C(CNc2ccc(C#N)c(C(F)(F)F)c2)N2CCOCC2)cc1. The molecule has 2 aromatic carbocycles. The van der Waals surface area contributed by atoms with Gasteiger partial charge in [0.1, 0.15) is 5.75 Å². The minimum Gasteiger partial charge on any atom is -0.497 e. The number of rotatable bonds is 6. The van der Waals surface area contributed by atoms with Gasteiger partial charge < -0.3 is 14.8 Å². The quantitative estimate of drug-likeness (QED) is 0.785. The first-order valence-corrected chi connectivity index (χ1v) is 9.23. The summed E-state index contributed by atoms with van der Waals surface area (Å²) in [4.78, 5) is 2.24. The second-order valence-corrected chi connectivity index (χ2v) is 6.69. The highest BCUT2D eigenvalue weighted by molar-refractivity contribution is 5.53. The van der Waals surface area contributed by atoms with Crippen molar-refractivity contribution in [1.29, 1.82) is 5.26 Å². The van der Waals surface area contributed by atoms with E-state index in [0.29, 0.717) is 25.4 Å². The van der Waals surface area contributed by atoms with Crippen LogP contribution in [0.25, 0.3) is 0 Å². The number of nitrogens with zero attached hydrogens (tertiary/aromatic N) is 2. The lowest BCUT2D eigenvalue weighted by atomic mass is 10.0. The summed E-state index contributed by atoms with van der Waals surface area (Å²) in [7, 11) is 1.60. The molecule has 0 saturated carbocycles. The van der Waals surface area contributed by atoms with Crippen LogP contribution < -0.4 is 10.1 Å². The van der Waals surface area contributed by atoms with E-state index in [2.05, 4.69) is 10.2 Å². The maximum atomic E-state index is 13.2. The van der Waals surface area contributed by atoms with Crippen molar-refractivity contribution in [3.63, 3.8) is 0 Å². The van der Waals surface area contributed by atoms with Crippen molar-refractivity contribution in [2.24, 2.45) is 0 Å². The number of hydrogen-bond donors (Lipinski definition) is 1. The minimum absolute atomic E-state index is 0.0465. The van der Waals surface area contributed by atoms with Crippen molar-refractivity contribution in [2.45, 2.75) is 12.2 Å². The maximum Gasteiger partial charge on any atom is 0.417 e. The van der Waals surface area contributed by atoms with Crippen LogP contribution in [0.4, 0.5) is 18.9 Å². The number of benzene rings is 2. The zero-order chi connectivity index (χ0) is 20.9. The molecular weight excluding hydrogens is 383 g/mol. The molecule has 1 saturated heterocycles. The number of halogens is 3. The number of nitriles is 1. The molecular formula is C21H22F3N3O2. The third-order valence-corrected chi connectivity index (χ3v) is 4.93. The van der Waals surface area contributed by atoms with Crippen LogP contribution in [-0.4, -0.2) is 44.9 Å². The molecule has 0 aliphatic carbocycles. The van der Waals surface area contributed by atoms with E-state index in [9.17, 15) is 13.2 Å². The number of nitrogens with one attached hydrogen (secondary N) is 1. The largest absolute Gasteiger partial charge is 0.497 e. The van der Waals surface area contributed by atoms with Crippen LogP contribution in [0.1, 0.15) is 22.7 Å². The topological polar surface area (TPSA) is 57.5 Å². The van der Waals surface area contributed by atoms with E-state index < -0.39 is 11.7 Å². The van der Waals surface area contributed by atoms with Crippen LogP contribution in [0.5, 0.6) is 5.75 Å². The lowest BCUT2D eigenvalue weighted by molar-refractivity contribution is -0.137. The predicted molar refractivity (Wildman–Crippen MR) is 103 cm³/mol. The molecule has 1 atom stereocenters. The Bertz CT molecular complexity index is 857. The number of methoxy groups -OCH3 is 1. The molecule has 8 heteroatoms. The second-order valence-electron chi connectivity index (χ2n) is 6.69. The van der Waals surface area contributed by atoms with Crippen LogP contribution in [0.2, 0.25) is 0 Å². The summed E-state index contributed by atoms with van der Waals surface area (Å²) < 4.78 is 50.3. The highest BCUT2D eigenvalue weighted by Crippen LogP contribution is 2.34. The lowest BCUT2D eigenvalue weighted by Gasteiger charge is -2.35. The summed E-state index contributed by atoms with van der Waals surface area (Å²) >= 11 is 0. The Labute approximate surface area is 167 Å². The molecule has 1 unspecified atom stereocenters. The third-order valence-electron chi connectivity index (χ3n) is 4.93. The Morgan fingerprint density at radius 2 is 1.86 bits per heavy atom. The van der Waals surface area contributed by atoms with Crippen LogP contribution in [0, 0.1) is 11.3 Å². The highest BCUT2D eigenvalue weighted by Gasteiger charge is 2.34. The van der Waals surface area contributed by atoms with Gasteiger partial charge in [0, 0.05) is 25.3 Å². The van der Waals surface area contributed by atoms with E-state index in [0.717, 1.165) is 30.5 Å². The average molecular weight is 405 g/mol. The van der Waals surface area contributed by atoms with Crippen LogP contribution in [0.3, 0.4) is 0 Å². The molecule has 1 aliphatic heterocycles. The highest BCUT2D eigenvalue weighted by atomic mass is 19.4. The van der Waals surface area contributed by atoms with Crippen molar-refractivity contribution in [2.75, 3.05) is 45.3 Å². The summed E-state index contributed by atoms with van der Waals surface area (Å²) in [5.74, 6) is 0.740. The molecule has 1 N–H and O–H groups in total. The summed E-state index contributed by atoms with van der Waals surface area (Å²) in [5.41, 5.74) is 0.0355. The molecule has 0 amide bonds. The third kappa shape index (κ3) is 5.19. The molecule has 3 rings (SSSR count). The van der Waals surface area contributed by atoms with Crippen LogP contribution in [-0.2, 0) is 10.9 Å². The van der Waals surface area contributed by atoms with E-state index in [1.165, 1.54) is 12.1 Å². The zero-order valence-corrected chi connectivity index (χ0v) is 16.0. The first-order chi connectivity index (χ1) is 13.9. The van der Waals surface area contributed by atoms with Gasteiger partial charge in [-0.25, -0.2) is 0 Å². The van der Waals surface area contributed by atoms with Crippen LogP contribution in [0.15, 0.2) is 42.5 Å². The van der Waals surface area contributed by atoms with E-state index in [1.54, 1.807) is 13.2 Å². The van der Waals surface area contributed by atoms with Gasteiger partial charge >= 0.3 is 6.18 Å². The van der Waals surface area contributed by atoms with Gasteiger partial charge in [0.15, 0.2) is 0 Å². The zero-order valence-electron chi connectivity index (χ0n) is 16.0.